The van der Waals surface area contributed by atoms with Gasteiger partial charge in [-0.2, -0.15) is 4.52 Å². The highest BCUT2D eigenvalue weighted by Crippen LogP contribution is 2.32. The zero-order valence-corrected chi connectivity index (χ0v) is 13.5. The van der Waals surface area contributed by atoms with Crippen LogP contribution in [0.1, 0.15) is 45.4 Å². The Morgan fingerprint density at radius 1 is 1.38 bits per heavy atom. The second-order valence-electron chi connectivity index (χ2n) is 5.94. The van der Waals surface area contributed by atoms with E-state index in [9.17, 15) is 4.79 Å². The van der Waals surface area contributed by atoms with Gasteiger partial charge in [0, 0.05) is 25.4 Å². The second-order valence-corrected chi connectivity index (χ2v) is 6.87. The Kier molecular flexibility index (Phi) is 4.24. The Balaban J connectivity index is 1.74. The second kappa shape index (κ2) is 6.13. The summed E-state index contributed by atoms with van der Waals surface area (Å²) >= 11 is 1.49. The van der Waals surface area contributed by atoms with E-state index in [1.807, 2.05) is 0 Å². The van der Waals surface area contributed by atoms with Crippen LogP contribution in [0.15, 0.2) is 17.1 Å². The van der Waals surface area contributed by atoms with Gasteiger partial charge in [0.15, 0.2) is 0 Å². The normalized spacial score (nSPS) is 22.6. The van der Waals surface area contributed by atoms with E-state index >= 15 is 0 Å². The Labute approximate surface area is 128 Å². The molecule has 0 amide bonds. The Morgan fingerprint density at radius 2 is 2.14 bits per heavy atom. The van der Waals surface area contributed by atoms with Crippen molar-refractivity contribution < 1.29 is 0 Å². The van der Waals surface area contributed by atoms with Crippen LogP contribution in [0.3, 0.4) is 0 Å². The molecule has 0 aromatic carbocycles. The van der Waals surface area contributed by atoms with Crippen molar-refractivity contribution in [2.24, 2.45) is 5.92 Å². The molecule has 1 aliphatic carbocycles. The van der Waals surface area contributed by atoms with Crippen LogP contribution in [0.25, 0.3) is 4.96 Å². The first-order valence-corrected chi connectivity index (χ1v) is 8.58. The quantitative estimate of drug-likeness (QED) is 0.871. The van der Waals surface area contributed by atoms with Gasteiger partial charge in [-0.25, -0.2) is 4.98 Å². The molecule has 21 heavy (non-hydrogen) atoms. The molecule has 114 valence electrons. The van der Waals surface area contributed by atoms with Gasteiger partial charge in [0.1, 0.15) is 0 Å². The summed E-state index contributed by atoms with van der Waals surface area (Å²) in [6, 6.07) is 1.99. The van der Waals surface area contributed by atoms with E-state index in [4.69, 9.17) is 0 Å². The van der Waals surface area contributed by atoms with Crippen molar-refractivity contribution in [3.63, 3.8) is 0 Å². The van der Waals surface area contributed by atoms with Crippen molar-refractivity contribution in [2.75, 3.05) is 11.9 Å². The molecule has 0 spiro atoms. The van der Waals surface area contributed by atoms with Crippen LogP contribution in [-0.4, -0.2) is 27.7 Å². The lowest BCUT2D eigenvalue weighted by atomic mass is 9.83. The lowest BCUT2D eigenvalue weighted by molar-refractivity contribution is 0.303. The third kappa shape index (κ3) is 2.95. The fourth-order valence-electron chi connectivity index (χ4n) is 3.26. The van der Waals surface area contributed by atoms with E-state index in [1.165, 1.54) is 60.4 Å². The smallest absolute Gasteiger partial charge is 0.275 e. The van der Waals surface area contributed by atoms with E-state index in [-0.39, 0.29) is 5.56 Å². The largest absolute Gasteiger partial charge is 0.347 e. The number of aromatic nitrogens is 3. The van der Waals surface area contributed by atoms with Crippen LogP contribution in [-0.2, 0) is 0 Å². The van der Waals surface area contributed by atoms with Crippen molar-refractivity contribution in [2.45, 2.75) is 51.5 Å². The summed E-state index contributed by atoms with van der Waals surface area (Å²) in [4.78, 5) is 18.9. The number of hydrogen-bond acceptors (Lipinski definition) is 5. The molecule has 5 nitrogen and oxygen atoms in total. The van der Waals surface area contributed by atoms with E-state index in [0.29, 0.717) is 11.0 Å². The molecule has 2 aromatic rings. The number of nitrogens with zero attached hydrogens (tertiary/aromatic N) is 4. The maximum Gasteiger partial charge on any atom is 0.275 e. The molecule has 3 rings (SSSR count). The predicted octanol–water partition coefficient (Wildman–Crippen LogP) is 2.95. The Morgan fingerprint density at radius 3 is 2.81 bits per heavy atom. The minimum atomic E-state index is -0.109. The van der Waals surface area contributed by atoms with Gasteiger partial charge in [0.2, 0.25) is 10.1 Å². The summed E-state index contributed by atoms with van der Waals surface area (Å²) in [5, 5.41) is 5.32. The third-order valence-electron chi connectivity index (χ3n) is 4.52. The average Bonchev–Trinajstić information content (AvgIpc) is 2.93. The van der Waals surface area contributed by atoms with Gasteiger partial charge in [-0.3, -0.25) is 4.79 Å². The SMILES string of the molecule is CCCC1CCC(N(C)c2nn3c(=O)ccnc3s2)CC1. The molecular formula is C15H22N4OS. The lowest BCUT2D eigenvalue weighted by Gasteiger charge is -2.34. The van der Waals surface area contributed by atoms with Crippen molar-refractivity contribution in [1.29, 1.82) is 0 Å². The maximum absolute atomic E-state index is 11.8. The standard InChI is InChI=1S/C15H22N4OS/c1-3-4-11-5-7-12(8-6-11)18(2)15-17-19-13(20)9-10-16-14(19)21-15/h9-12H,3-8H2,1-2H3. The molecular weight excluding hydrogens is 284 g/mol. The van der Waals surface area contributed by atoms with Crippen LogP contribution in [0.2, 0.25) is 0 Å². The van der Waals surface area contributed by atoms with E-state index in [2.05, 4.69) is 29.0 Å². The minimum absolute atomic E-state index is 0.109. The first-order valence-electron chi connectivity index (χ1n) is 7.76. The summed E-state index contributed by atoms with van der Waals surface area (Å²) < 4.78 is 1.40. The molecule has 0 bridgehead atoms. The van der Waals surface area contributed by atoms with Crippen LogP contribution in [0.5, 0.6) is 0 Å². The van der Waals surface area contributed by atoms with Gasteiger partial charge in [0.25, 0.3) is 5.56 Å². The zero-order valence-electron chi connectivity index (χ0n) is 12.7. The fourth-order valence-corrected chi connectivity index (χ4v) is 4.17. The first kappa shape index (κ1) is 14.5. The van der Waals surface area contributed by atoms with Crippen molar-refractivity contribution in [3.8, 4) is 0 Å². The molecule has 1 fully saturated rings. The van der Waals surface area contributed by atoms with Crippen LogP contribution in [0, 0.1) is 5.92 Å². The summed E-state index contributed by atoms with van der Waals surface area (Å²) in [7, 11) is 2.09. The van der Waals surface area contributed by atoms with Gasteiger partial charge in [0.05, 0.1) is 0 Å². The number of hydrogen-bond donors (Lipinski definition) is 0. The molecule has 1 saturated carbocycles. The highest BCUT2D eigenvalue weighted by molar-refractivity contribution is 7.20. The highest BCUT2D eigenvalue weighted by atomic mass is 32.1. The van der Waals surface area contributed by atoms with Crippen molar-refractivity contribution >= 4 is 21.4 Å². The molecule has 2 heterocycles. The Hall–Kier alpha value is -1.43. The van der Waals surface area contributed by atoms with Gasteiger partial charge in [-0.15, -0.1) is 5.10 Å². The molecule has 0 atom stereocenters. The minimum Gasteiger partial charge on any atom is -0.347 e. The topological polar surface area (TPSA) is 50.5 Å². The van der Waals surface area contributed by atoms with E-state index < -0.39 is 0 Å². The zero-order chi connectivity index (χ0) is 14.8. The number of anilines is 1. The van der Waals surface area contributed by atoms with E-state index in [0.717, 1.165) is 11.0 Å². The molecule has 6 heteroatoms. The molecule has 2 aromatic heterocycles. The van der Waals surface area contributed by atoms with Crippen molar-refractivity contribution in [1.82, 2.24) is 14.6 Å². The third-order valence-corrected chi connectivity index (χ3v) is 5.54. The highest BCUT2D eigenvalue weighted by Gasteiger charge is 2.25. The Bertz CT molecular complexity index is 657. The van der Waals surface area contributed by atoms with Crippen molar-refractivity contribution in [3.05, 3.63) is 22.6 Å². The van der Waals surface area contributed by atoms with E-state index in [1.54, 1.807) is 6.20 Å². The number of fused-ring (bicyclic) bond motifs is 1. The first-order chi connectivity index (χ1) is 10.2. The lowest BCUT2D eigenvalue weighted by Crippen LogP contribution is -2.35. The van der Waals surface area contributed by atoms with Crippen LogP contribution < -0.4 is 10.5 Å². The molecule has 0 aliphatic heterocycles. The average molecular weight is 306 g/mol. The van der Waals surface area contributed by atoms with Crippen LogP contribution in [0.4, 0.5) is 5.13 Å². The molecule has 0 saturated heterocycles. The van der Waals surface area contributed by atoms with Gasteiger partial charge in [-0.05, 0) is 31.6 Å². The molecule has 0 radical (unpaired) electrons. The fraction of sp³-hybridized carbons (Fsp3) is 0.667. The van der Waals surface area contributed by atoms with Gasteiger partial charge in [-0.1, -0.05) is 31.1 Å². The summed E-state index contributed by atoms with van der Waals surface area (Å²) in [6.45, 7) is 2.27. The van der Waals surface area contributed by atoms with Gasteiger partial charge < -0.3 is 4.90 Å². The summed E-state index contributed by atoms with van der Waals surface area (Å²) in [5.41, 5.74) is -0.109. The van der Waals surface area contributed by atoms with Crippen LogP contribution >= 0.6 is 11.3 Å². The predicted molar refractivity (Wildman–Crippen MR) is 86.2 cm³/mol. The monoisotopic (exact) mass is 306 g/mol. The molecule has 0 unspecified atom stereocenters. The summed E-state index contributed by atoms with van der Waals surface area (Å²) in [5.74, 6) is 0.902. The molecule has 1 aliphatic rings. The maximum atomic E-state index is 11.8. The van der Waals surface area contributed by atoms with Gasteiger partial charge >= 0.3 is 0 Å². The number of rotatable bonds is 4. The molecule has 0 N–H and O–H groups in total. The summed E-state index contributed by atoms with van der Waals surface area (Å²) in [6.07, 6.45) is 9.26.